The number of carbonyl (C=O) groups is 1. The van der Waals surface area contributed by atoms with Gasteiger partial charge in [0.1, 0.15) is 0 Å². The fourth-order valence-corrected chi connectivity index (χ4v) is 2.52. The molecule has 0 spiro atoms. The number of nitrogens with zero attached hydrogens (tertiary/aromatic N) is 2. The lowest BCUT2D eigenvalue weighted by molar-refractivity contribution is 0.0982. The second kappa shape index (κ2) is 5.65. The molecule has 4 heteroatoms. The molecule has 0 aliphatic rings. The van der Waals surface area contributed by atoms with Gasteiger partial charge in [-0.3, -0.25) is 9.48 Å². The molecule has 94 valence electrons. The molecular formula is C14H15IN2O. The van der Waals surface area contributed by atoms with Gasteiger partial charge in [0, 0.05) is 28.8 Å². The number of ketones is 1. The van der Waals surface area contributed by atoms with Crippen molar-refractivity contribution < 1.29 is 4.79 Å². The summed E-state index contributed by atoms with van der Waals surface area (Å²) in [7, 11) is 1.88. The van der Waals surface area contributed by atoms with Gasteiger partial charge in [0.15, 0.2) is 5.78 Å². The third-order valence-corrected chi connectivity index (χ3v) is 4.32. The lowest BCUT2D eigenvalue weighted by Crippen LogP contribution is -2.04. The summed E-state index contributed by atoms with van der Waals surface area (Å²) >= 11 is 2.24. The molecule has 0 saturated carbocycles. The summed E-state index contributed by atoms with van der Waals surface area (Å²) in [5.74, 6) is 0.201. The Kier molecular flexibility index (Phi) is 4.16. The van der Waals surface area contributed by atoms with E-state index in [2.05, 4.69) is 27.7 Å². The van der Waals surface area contributed by atoms with Crippen LogP contribution < -0.4 is 0 Å². The number of hydrogen-bond donors (Lipinski definition) is 0. The van der Waals surface area contributed by atoms with Crippen LogP contribution in [0.2, 0.25) is 0 Å². The zero-order valence-electron chi connectivity index (χ0n) is 10.5. The number of hydrogen-bond acceptors (Lipinski definition) is 2. The zero-order chi connectivity index (χ0) is 13.1. The first-order chi connectivity index (χ1) is 8.58. The molecule has 0 saturated heterocycles. The molecule has 0 N–H and O–H groups in total. The lowest BCUT2D eigenvalue weighted by Gasteiger charge is -2.05. The molecule has 2 rings (SSSR count). The minimum Gasteiger partial charge on any atom is -0.294 e. The molecule has 18 heavy (non-hydrogen) atoms. The Balaban J connectivity index is 2.06. The molecule has 1 aromatic carbocycles. The van der Waals surface area contributed by atoms with E-state index in [1.54, 1.807) is 4.68 Å². The molecule has 0 aliphatic heterocycles. The maximum atomic E-state index is 12.2. The Morgan fingerprint density at radius 1 is 1.44 bits per heavy atom. The van der Waals surface area contributed by atoms with Gasteiger partial charge < -0.3 is 0 Å². The van der Waals surface area contributed by atoms with Crippen molar-refractivity contribution in [1.29, 1.82) is 0 Å². The van der Waals surface area contributed by atoms with Crippen molar-refractivity contribution in [3.63, 3.8) is 0 Å². The van der Waals surface area contributed by atoms with Gasteiger partial charge in [-0.15, -0.1) is 0 Å². The van der Waals surface area contributed by atoms with Crippen LogP contribution in [0.15, 0.2) is 30.6 Å². The fourth-order valence-electron chi connectivity index (χ4n) is 1.86. The Morgan fingerprint density at radius 3 is 2.89 bits per heavy atom. The van der Waals surface area contributed by atoms with Crippen LogP contribution in [-0.4, -0.2) is 15.6 Å². The van der Waals surface area contributed by atoms with E-state index in [-0.39, 0.29) is 5.78 Å². The van der Waals surface area contributed by atoms with Crippen LogP contribution in [0.1, 0.15) is 27.9 Å². The van der Waals surface area contributed by atoms with Gasteiger partial charge in [0.05, 0.1) is 6.20 Å². The first-order valence-corrected chi connectivity index (χ1v) is 6.91. The second-order valence-electron chi connectivity index (χ2n) is 4.38. The summed E-state index contributed by atoms with van der Waals surface area (Å²) in [4.78, 5) is 12.2. The van der Waals surface area contributed by atoms with E-state index in [4.69, 9.17) is 0 Å². The highest BCUT2D eigenvalue weighted by atomic mass is 127. The summed E-state index contributed by atoms with van der Waals surface area (Å²) in [6, 6.07) is 5.87. The maximum Gasteiger partial charge on any atom is 0.164 e. The highest BCUT2D eigenvalue weighted by Gasteiger charge is 2.11. The molecule has 0 amide bonds. The largest absolute Gasteiger partial charge is 0.294 e. The first kappa shape index (κ1) is 13.3. The molecule has 1 aromatic heterocycles. The van der Waals surface area contributed by atoms with Crippen LogP contribution in [0.3, 0.4) is 0 Å². The van der Waals surface area contributed by atoms with Crippen LogP contribution >= 0.6 is 22.6 Å². The van der Waals surface area contributed by atoms with E-state index in [0.717, 1.165) is 26.7 Å². The van der Waals surface area contributed by atoms with Crippen LogP contribution in [0, 0.1) is 10.5 Å². The number of Topliss-reactive ketones (excluding diaryl/α,β-unsaturated/α-hetero) is 1. The van der Waals surface area contributed by atoms with Gasteiger partial charge in [0.25, 0.3) is 0 Å². The van der Waals surface area contributed by atoms with E-state index in [0.29, 0.717) is 6.42 Å². The summed E-state index contributed by atoms with van der Waals surface area (Å²) in [6.45, 7) is 2.03. The zero-order valence-corrected chi connectivity index (χ0v) is 12.6. The van der Waals surface area contributed by atoms with Crippen LogP contribution in [0.25, 0.3) is 0 Å². The number of benzene rings is 1. The normalized spacial score (nSPS) is 10.6. The number of rotatable bonds is 4. The Labute approximate surface area is 120 Å². The van der Waals surface area contributed by atoms with Crippen molar-refractivity contribution in [2.45, 2.75) is 19.8 Å². The van der Waals surface area contributed by atoms with Crippen molar-refractivity contribution in [1.82, 2.24) is 9.78 Å². The standard InChI is InChI=1S/C14H15IN2O/c1-10-4-3-5-12(14(10)15)13(18)7-6-11-8-16-17(2)9-11/h3-5,8-9H,6-7H2,1-2H3. The minimum absolute atomic E-state index is 0.201. The molecule has 0 aliphatic carbocycles. The summed E-state index contributed by atoms with van der Waals surface area (Å²) in [5, 5.41) is 4.10. The average molecular weight is 354 g/mol. The summed E-state index contributed by atoms with van der Waals surface area (Å²) in [6.07, 6.45) is 5.05. The third kappa shape index (κ3) is 2.98. The molecule has 0 bridgehead atoms. The Hall–Kier alpha value is -1.17. The average Bonchev–Trinajstić information content (AvgIpc) is 2.76. The lowest BCUT2D eigenvalue weighted by atomic mass is 10.0. The molecule has 3 nitrogen and oxygen atoms in total. The molecule has 0 atom stereocenters. The van der Waals surface area contributed by atoms with Gasteiger partial charge in [0.2, 0.25) is 0 Å². The van der Waals surface area contributed by atoms with Gasteiger partial charge in [-0.25, -0.2) is 0 Å². The van der Waals surface area contributed by atoms with E-state index >= 15 is 0 Å². The molecule has 2 aromatic rings. The summed E-state index contributed by atoms with van der Waals surface area (Å²) < 4.78 is 2.82. The first-order valence-electron chi connectivity index (χ1n) is 5.84. The predicted molar refractivity (Wildman–Crippen MR) is 79.8 cm³/mol. The van der Waals surface area contributed by atoms with Gasteiger partial charge in [-0.2, -0.15) is 5.10 Å². The third-order valence-electron chi connectivity index (χ3n) is 2.89. The minimum atomic E-state index is 0.201. The number of halogens is 1. The number of aromatic nitrogens is 2. The summed E-state index contributed by atoms with van der Waals surface area (Å²) in [5.41, 5.74) is 3.09. The van der Waals surface area contributed by atoms with Crippen molar-refractivity contribution >= 4 is 28.4 Å². The van der Waals surface area contributed by atoms with E-state index < -0.39 is 0 Å². The van der Waals surface area contributed by atoms with Gasteiger partial charge >= 0.3 is 0 Å². The fraction of sp³-hybridized carbons (Fsp3) is 0.286. The number of carbonyl (C=O) groups excluding carboxylic acids is 1. The van der Waals surface area contributed by atoms with Crippen LogP contribution in [-0.2, 0) is 13.5 Å². The van der Waals surface area contributed by atoms with Crippen molar-refractivity contribution in [3.05, 3.63) is 50.9 Å². The van der Waals surface area contributed by atoms with Crippen LogP contribution in [0.4, 0.5) is 0 Å². The Bertz CT molecular complexity index is 575. The van der Waals surface area contributed by atoms with Gasteiger partial charge in [-0.05, 0) is 47.1 Å². The Morgan fingerprint density at radius 2 is 2.22 bits per heavy atom. The van der Waals surface area contributed by atoms with Crippen molar-refractivity contribution in [2.24, 2.45) is 7.05 Å². The van der Waals surface area contributed by atoms with Crippen molar-refractivity contribution in [3.8, 4) is 0 Å². The SMILES string of the molecule is Cc1cccc(C(=O)CCc2cnn(C)c2)c1I. The monoisotopic (exact) mass is 354 g/mol. The highest BCUT2D eigenvalue weighted by Crippen LogP contribution is 2.18. The predicted octanol–water partition coefficient (Wildman–Crippen LogP) is 3.15. The maximum absolute atomic E-state index is 12.2. The quantitative estimate of drug-likeness (QED) is 0.625. The van der Waals surface area contributed by atoms with E-state index in [1.165, 1.54) is 0 Å². The van der Waals surface area contributed by atoms with E-state index in [1.807, 2.05) is 44.6 Å². The molecule has 0 fully saturated rings. The molecular weight excluding hydrogens is 339 g/mol. The second-order valence-corrected chi connectivity index (χ2v) is 5.46. The highest BCUT2D eigenvalue weighted by molar-refractivity contribution is 14.1. The van der Waals surface area contributed by atoms with Gasteiger partial charge in [-0.1, -0.05) is 18.2 Å². The van der Waals surface area contributed by atoms with Crippen LogP contribution in [0.5, 0.6) is 0 Å². The number of aryl methyl sites for hydroxylation is 3. The molecule has 0 unspecified atom stereocenters. The molecule has 1 heterocycles. The van der Waals surface area contributed by atoms with Crippen molar-refractivity contribution in [2.75, 3.05) is 0 Å². The molecule has 0 radical (unpaired) electrons. The van der Waals surface area contributed by atoms with E-state index in [9.17, 15) is 4.79 Å². The smallest absolute Gasteiger partial charge is 0.164 e. The topological polar surface area (TPSA) is 34.9 Å².